The Balaban J connectivity index is 1.72. The maximum atomic E-state index is 13.3. The van der Waals surface area contributed by atoms with Crippen molar-refractivity contribution in [1.82, 2.24) is 5.32 Å². The Morgan fingerprint density at radius 1 is 1.32 bits per heavy atom. The average molecular weight is 313 g/mol. The highest BCUT2D eigenvalue weighted by Crippen LogP contribution is 2.32. The first kappa shape index (κ1) is 16.2. The van der Waals surface area contributed by atoms with Gasteiger partial charge in [0.15, 0.2) is 11.6 Å². The van der Waals surface area contributed by atoms with E-state index in [2.05, 4.69) is 5.32 Å². The SMILES string of the molecule is O=C(CCCOc1ccc(F)cc1F)NC1(C(=O)O)CCC1. The Kier molecular flexibility index (Phi) is 4.95. The number of ether oxygens (including phenoxy) is 1. The summed E-state index contributed by atoms with van der Waals surface area (Å²) in [6, 6.07) is 2.98. The van der Waals surface area contributed by atoms with Crippen LogP contribution in [0.4, 0.5) is 8.78 Å². The number of benzene rings is 1. The van der Waals surface area contributed by atoms with E-state index in [4.69, 9.17) is 9.84 Å². The molecule has 1 aliphatic carbocycles. The van der Waals surface area contributed by atoms with Crippen LogP contribution in [0.1, 0.15) is 32.1 Å². The number of rotatable bonds is 7. The molecule has 0 saturated heterocycles. The van der Waals surface area contributed by atoms with Gasteiger partial charge in [0.1, 0.15) is 11.4 Å². The highest BCUT2D eigenvalue weighted by molar-refractivity contribution is 5.87. The zero-order chi connectivity index (χ0) is 16.2. The predicted octanol–water partition coefficient (Wildman–Crippen LogP) is 2.25. The Morgan fingerprint density at radius 3 is 2.59 bits per heavy atom. The van der Waals surface area contributed by atoms with E-state index in [9.17, 15) is 18.4 Å². The molecule has 120 valence electrons. The second kappa shape index (κ2) is 6.72. The van der Waals surface area contributed by atoms with Gasteiger partial charge in [0, 0.05) is 12.5 Å². The van der Waals surface area contributed by atoms with Gasteiger partial charge in [-0.1, -0.05) is 0 Å². The molecule has 0 aromatic heterocycles. The summed E-state index contributed by atoms with van der Waals surface area (Å²) in [5.41, 5.74) is -1.12. The van der Waals surface area contributed by atoms with Gasteiger partial charge < -0.3 is 15.2 Å². The molecular weight excluding hydrogens is 296 g/mol. The minimum atomic E-state index is -1.12. The van der Waals surface area contributed by atoms with Crippen molar-refractivity contribution in [1.29, 1.82) is 0 Å². The number of carbonyl (C=O) groups is 2. The second-order valence-corrected chi connectivity index (χ2v) is 5.32. The zero-order valence-corrected chi connectivity index (χ0v) is 11.9. The molecular formula is C15H17F2NO4. The molecule has 5 nitrogen and oxygen atoms in total. The van der Waals surface area contributed by atoms with Gasteiger partial charge in [0.25, 0.3) is 0 Å². The van der Waals surface area contributed by atoms with Gasteiger partial charge in [-0.25, -0.2) is 13.6 Å². The van der Waals surface area contributed by atoms with Crippen molar-refractivity contribution in [2.45, 2.75) is 37.6 Å². The number of halogens is 2. The van der Waals surface area contributed by atoms with Crippen LogP contribution in [-0.2, 0) is 9.59 Å². The maximum absolute atomic E-state index is 13.3. The van der Waals surface area contributed by atoms with Crippen molar-refractivity contribution in [3.05, 3.63) is 29.8 Å². The summed E-state index contributed by atoms with van der Waals surface area (Å²) in [6.07, 6.45) is 2.03. The molecule has 1 aliphatic rings. The average Bonchev–Trinajstić information content (AvgIpc) is 2.40. The van der Waals surface area contributed by atoms with Gasteiger partial charge in [-0.2, -0.15) is 0 Å². The van der Waals surface area contributed by atoms with Crippen LogP contribution in [0.15, 0.2) is 18.2 Å². The molecule has 0 aliphatic heterocycles. The number of aliphatic carboxylic acids is 1. The second-order valence-electron chi connectivity index (χ2n) is 5.32. The number of amides is 1. The van der Waals surface area contributed by atoms with Gasteiger partial charge in [0.2, 0.25) is 5.91 Å². The number of carbonyl (C=O) groups excluding carboxylic acids is 1. The third-order valence-corrected chi connectivity index (χ3v) is 3.69. The monoisotopic (exact) mass is 313 g/mol. The molecule has 0 bridgehead atoms. The summed E-state index contributed by atoms with van der Waals surface area (Å²) in [4.78, 5) is 22.8. The summed E-state index contributed by atoms with van der Waals surface area (Å²) in [7, 11) is 0. The van der Waals surface area contributed by atoms with Crippen molar-refractivity contribution in [3.63, 3.8) is 0 Å². The highest BCUT2D eigenvalue weighted by atomic mass is 19.1. The summed E-state index contributed by atoms with van der Waals surface area (Å²) in [5, 5.41) is 11.6. The van der Waals surface area contributed by atoms with E-state index in [1.165, 1.54) is 6.07 Å². The Labute approximate surface area is 126 Å². The largest absolute Gasteiger partial charge is 0.491 e. The van der Waals surface area contributed by atoms with Gasteiger partial charge in [-0.15, -0.1) is 0 Å². The van der Waals surface area contributed by atoms with Crippen LogP contribution < -0.4 is 10.1 Å². The van der Waals surface area contributed by atoms with E-state index in [1.807, 2.05) is 0 Å². The summed E-state index contributed by atoms with van der Waals surface area (Å²) in [5.74, 6) is -2.96. The van der Waals surface area contributed by atoms with E-state index < -0.39 is 23.1 Å². The third-order valence-electron chi connectivity index (χ3n) is 3.69. The van der Waals surface area contributed by atoms with E-state index in [-0.39, 0.29) is 24.7 Å². The lowest BCUT2D eigenvalue weighted by molar-refractivity contribution is -0.151. The van der Waals surface area contributed by atoms with E-state index >= 15 is 0 Å². The fraction of sp³-hybridized carbons (Fsp3) is 0.467. The van der Waals surface area contributed by atoms with E-state index in [0.717, 1.165) is 18.6 Å². The standard InChI is InChI=1S/C15H17F2NO4/c16-10-4-5-12(11(17)9-10)22-8-1-3-13(19)18-15(14(20)21)6-2-7-15/h4-5,9H,1-3,6-8H2,(H,18,19)(H,20,21). The maximum Gasteiger partial charge on any atom is 0.329 e. The Hall–Kier alpha value is -2.18. The number of hydrogen-bond donors (Lipinski definition) is 2. The lowest BCUT2D eigenvalue weighted by Gasteiger charge is -2.38. The number of carboxylic acid groups (broad SMARTS) is 1. The molecule has 7 heteroatoms. The third kappa shape index (κ3) is 3.72. The van der Waals surface area contributed by atoms with Crippen molar-refractivity contribution in [3.8, 4) is 5.75 Å². The molecule has 0 unspecified atom stereocenters. The van der Waals surface area contributed by atoms with E-state index in [0.29, 0.717) is 19.3 Å². The van der Waals surface area contributed by atoms with Gasteiger partial charge in [-0.3, -0.25) is 4.79 Å². The molecule has 1 amide bonds. The molecule has 2 rings (SSSR count). The van der Waals surface area contributed by atoms with Gasteiger partial charge >= 0.3 is 5.97 Å². The van der Waals surface area contributed by atoms with Crippen molar-refractivity contribution in [2.75, 3.05) is 6.61 Å². The number of carboxylic acids is 1. The summed E-state index contributed by atoms with van der Waals surface area (Å²) < 4.78 is 31.1. The zero-order valence-electron chi connectivity index (χ0n) is 11.9. The lowest BCUT2D eigenvalue weighted by Crippen LogP contribution is -2.59. The molecule has 22 heavy (non-hydrogen) atoms. The van der Waals surface area contributed by atoms with Crippen LogP contribution in [-0.4, -0.2) is 29.1 Å². The molecule has 1 saturated carbocycles. The van der Waals surface area contributed by atoms with Crippen LogP contribution in [0.25, 0.3) is 0 Å². The smallest absolute Gasteiger partial charge is 0.329 e. The molecule has 0 spiro atoms. The van der Waals surface area contributed by atoms with Crippen LogP contribution in [0, 0.1) is 11.6 Å². The van der Waals surface area contributed by atoms with Crippen LogP contribution in [0.5, 0.6) is 5.75 Å². The van der Waals surface area contributed by atoms with Crippen LogP contribution in [0.2, 0.25) is 0 Å². The lowest BCUT2D eigenvalue weighted by atomic mass is 9.76. The van der Waals surface area contributed by atoms with Crippen LogP contribution >= 0.6 is 0 Å². The minimum Gasteiger partial charge on any atom is -0.491 e. The van der Waals surface area contributed by atoms with Crippen molar-refractivity contribution >= 4 is 11.9 Å². The molecule has 2 N–H and O–H groups in total. The molecule has 0 heterocycles. The fourth-order valence-corrected chi connectivity index (χ4v) is 2.26. The topological polar surface area (TPSA) is 75.6 Å². The first-order valence-corrected chi connectivity index (χ1v) is 7.05. The Bertz CT molecular complexity index is 573. The normalized spacial score (nSPS) is 15.7. The summed E-state index contributed by atoms with van der Waals surface area (Å²) in [6.45, 7) is 0.0794. The predicted molar refractivity (Wildman–Crippen MR) is 73.4 cm³/mol. The quantitative estimate of drug-likeness (QED) is 0.757. The fourth-order valence-electron chi connectivity index (χ4n) is 2.26. The first-order chi connectivity index (χ1) is 10.4. The minimum absolute atomic E-state index is 0.0794. The number of hydrogen-bond acceptors (Lipinski definition) is 3. The van der Waals surface area contributed by atoms with Crippen molar-refractivity contribution in [2.24, 2.45) is 0 Å². The number of nitrogens with one attached hydrogen (secondary N) is 1. The molecule has 0 radical (unpaired) electrons. The summed E-state index contributed by atoms with van der Waals surface area (Å²) >= 11 is 0. The van der Waals surface area contributed by atoms with Crippen LogP contribution in [0.3, 0.4) is 0 Å². The Morgan fingerprint density at radius 2 is 2.05 bits per heavy atom. The molecule has 1 fully saturated rings. The molecule has 0 atom stereocenters. The highest BCUT2D eigenvalue weighted by Gasteiger charge is 2.45. The molecule has 1 aromatic carbocycles. The van der Waals surface area contributed by atoms with Gasteiger partial charge in [-0.05, 0) is 37.8 Å². The first-order valence-electron chi connectivity index (χ1n) is 7.05. The van der Waals surface area contributed by atoms with E-state index in [1.54, 1.807) is 0 Å². The van der Waals surface area contributed by atoms with Crippen molar-refractivity contribution < 1.29 is 28.2 Å². The molecule has 1 aromatic rings. The van der Waals surface area contributed by atoms with Gasteiger partial charge in [0.05, 0.1) is 6.61 Å².